The summed E-state index contributed by atoms with van der Waals surface area (Å²) < 4.78 is 0. The molecule has 1 saturated carbocycles. The second-order valence-electron chi connectivity index (χ2n) is 7.64. The second-order valence-corrected chi connectivity index (χ2v) is 7.64. The van der Waals surface area contributed by atoms with Crippen LogP contribution in [0.4, 0.5) is 0 Å². The number of guanidine groups is 1. The molecule has 0 aromatic rings. The molecule has 1 aliphatic heterocycles. The predicted molar refractivity (Wildman–Crippen MR) is 99.3 cm³/mol. The summed E-state index contributed by atoms with van der Waals surface area (Å²) in [6.45, 7) is 0.369. The molecule has 1 spiro atoms. The molecular weight excluding hydrogens is 350 g/mol. The van der Waals surface area contributed by atoms with Crippen LogP contribution in [0.5, 0.6) is 0 Å². The lowest BCUT2D eigenvalue weighted by Gasteiger charge is -2.46. The van der Waals surface area contributed by atoms with Gasteiger partial charge in [-0.2, -0.15) is 0 Å². The van der Waals surface area contributed by atoms with E-state index >= 15 is 0 Å². The molecular formula is C18H29N5O4. The number of amides is 2. The molecule has 0 radical (unpaired) electrons. The van der Waals surface area contributed by atoms with Crippen molar-refractivity contribution in [3.8, 4) is 0 Å². The lowest BCUT2D eigenvalue weighted by Crippen LogP contribution is -2.58. The van der Waals surface area contributed by atoms with Gasteiger partial charge in [0, 0.05) is 38.1 Å². The molecule has 150 valence electrons. The molecule has 1 heterocycles. The quantitative estimate of drug-likeness (QED) is 0.285. The van der Waals surface area contributed by atoms with E-state index in [0.29, 0.717) is 51.5 Å². The summed E-state index contributed by atoms with van der Waals surface area (Å²) in [5.41, 5.74) is 15.4. The number of aliphatic imine (C=N–C) groups is 1. The van der Waals surface area contributed by atoms with Crippen molar-refractivity contribution in [1.29, 1.82) is 0 Å². The van der Waals surface area contributed by atoms with Crippen molar-refractivity contribution < 1.29 is 19.2 Å². The standard InChI is InChI=1S/C18H29N5O4/c19-15(26)14-10-18(7-6-11(24)3-1-4-12(25)9-18)13(16(27)23-14)5-2-8-22-17(20)21/h13-14H,1-10H2,(H2,19,26)(H,23,27)(H4,20,21,22)/t13-,14?,18?/m0/s1. The Morgan fingerprint density at radius 2 is 1.81 bits per heavy atom. The first-order chi connectivity index (χ1) is 12.7. The van der Waals surface area contributed by atoms with E-state index < -0.39 is 23.3 Å². The summed E-state index contributed by atoms with van der Waals surface area (Å²) in [5, 5.41) is 2.67. The van der Waals surface area contributed by atoms with Crippen LogP contribution in [0.15, 0.2) is 4.99 Å². The van der Waals surface area contributed by atoms with Crippen LogP contribution in [0.2, 0.25) is 0 Å². The highest BCUT2D eigenvalue weighted by molar-refractivity contribution is 5.91. The van der Waals surface area contributed by atoms with E-state index in [1.54, 1.807) is 0 Å². The zero-order chi connectivity index (χ0) is 20.0. The number of hydrogen-bond donors (Lipinski definition) is 4. The number of carbonyl (C=O) groups is 4. The fourth-order valence-electron chi connectivity index (χ4n) is 4.30. The number of hydrogen-bond acceptors (Lipinski definition) is 5. The molecule has 9 nitrogen and oxygen atoms in total. The Balaban J connectivity index is 2.29. The lowest BCUT2D eigenvalue weighted by atomic mass is 9.61. The number of nitrogens with two attached hydrogens (primary N) is 3. The summed E-state index contributed by atoms with van der Waals surface area (Å²) in [4.78, 5) is 53.1. The van der Waals surface area contributed by atoms with Gasteiger partial charge < -0.3 is 22.5 Å². The van der Waals surface area contributed by atoms with Gasteiger partial charge in [0.2, 0.25) is 11.8 Å². The first kappa shape index (κ1) is 20.9. The molecule has 9 heteroatoms. The SMILES string of the molecule is NC(=O)C1CC2(CCC(=O)CCCC(=O)C2)[C@@H](CCCN=C(N)N)C(=O)N1. The van der Waals surface area contributed by atoms with Gasteiger partial charge in [-0.05, 0) is 37.5 Å². The summed E-state index contributed by atoms with van der Waals surface area (Å²) in [6, 6.07) is -0.824. The number of piperidine rings is 1. The maximum Gasteiger partial charge on any atom is 0.240 e. The van der Waals surface area contributed by atoms with Gasteiger partial charge >= 0.3 is 0 Å². The highest BCUT2D eigenvalue weighted by Crippen LogP contribution is 2.47. The highest BCUT2D eigenvalue weighted by Gasteiger charge is 2.50. The molecule has 2 aliphatic rings. The Labute approximate surface area is 158 Å². The number of ketones is 2. The van der Waals surface area contributed by atoms with Crippen molar-refractivity contribution in [3.05, 3.63) is 0 Å². The number of nitrogens with one attached hydrogen (secondary N) is 1. The number of primary amides is 1. The van der Waals surface area contributed by atoms with Crippen LogP contribution >= 0.6 is 0 Å². The normalized spacial score (nSPS) is 29.4. The average Bonchev–Trinajstić information content (AvgIpc) is 2.63. The minimum Gasteiger partial charge on any atom is -0.370 e. The van der Waals surface area contributed by atoms with E-state index in [9.17, 15) is 19.2 Å². The maximum atomic E-state index is 12.8. The molecule has 0 aromatic carbocycles. The van der Waals surface area contributed by atoms with Crippen molar-refractivity contribution in [1.82, 2.24) is 5.32 Å². The van der Waals surface area contributed by atoms with Gasteiger partial charge in [-0.15, -0.1) is 0 Å². The minimum absolute atomic E-state index is 0.0187. The fourth-order valence-corrected chi connectivity index (χ4v) is 4.30. The van der Waals surface area contributed by atoms with Crippen LogP contribution in [-0.4, -0.2) is 41.9 Å². The van der Waals surface area contributed by atoms with Crippen LogP contribution in [-0.2, 0) is 19.2 Å². The number of Topliss-reactive ketones (excluding diaryl/α,β-unsaturated/α-hetero) is 2. The molecule has 2 amide bonds. The Bertz CT molecular complexity index is 644. The minimum atomic E-state index is -0.824. The summed E-state index contributed by atoms with van der Waals surface area (Å²) in [7, 11) is 0. The van der Waals surface area contributed by atoms with Crippen LogP contribution in [0.25, 0.3) is 0 Å². The van der Waals surface area contributed by atoms with Crippen molar-refractivity contribution in [3.63, 3.8) is 0 Å². The molecule has 1 aliphatic carbocycles. The summed E-state index contributed by atoms with van der Waals surface area (Å²) >= 11 is 0. The lowest BCUT2D eigenvalue weighted by molar-refractivity contribution is -0.143. The molecule has 0 aromatic heterocycles. The molecule has 7 N–H and O–H groups in total. The number of nitrogens with zero attached hydrogens (tertiary/aromatic N) is 1. The highest BCUT2D eigenvalue weighted by atomic mass is 16.2. The van der Waals surface area contributed by atoms with Crippen LogP contribution < -0.4 is 22.5 Å². The topological polar surface area (TPSA) is 171 Å². The fraction of sp³-hybridized carbons (Fsp3) is 0.722. The Morgan fingerprint density at radius 3 is 2.48 bits per heavy atom. The Hall–Kier alpha value is -2.45. The first-order valence-corrected chi connectivity index (χ1v) is 9.42. The van der Waals surface area contributed by atoms with Crippen LogP contribution in [0.1, 0.15) is 57.8 Å². The smallest absolute Gasteiger partial charge is 0.240 e. The number of rotatable bonds is 5. The van der Waals surface area contributed by atoms with Crippen LogP contribution in [0, 0.1) is 11.3 Å². The molecule has 3 atom stereocenters. The van der Waals surface area contributed by atoms with Crippen molar-refractivity contribution in [2.24, 2.45) is 33.5 Å². The average molecular weight is 379 g/mol. The zero-order valence-electron chi connectivity index (χ0n) is 15.5. The molecule has 2 fully saturated rings. The van der Waals surface area contributed by atoms with Gasteiger partial charge in [0.05, 0.1) is 0 Å². The third-order valence-corrected chi connectivity index (χ3v) is 5.63. The van der Waals surface area contributed by atoms with Gasteiger partial charge in [-0.3, -0.25) is 24.2 Å². The third-order valence-electron chi connectivity index (χ3n) is 5.63. The van der Waals surface area contributed by atoms with Crippen LogP contribution in [0.3, 0.4) is 0 Å². The second kappa shape index (κ2) is 8.96. The monoisotopic (exact) mass is 379 g/mol. The van der Waals surface area contributed by atoms with Gasteiger partial charge in [0.1, 0.15) is 17.6 Å². The molecule has 27 heavy (non-hydrogen) atoms. The molecule has 1 saturated heterocycles. The largest absolute Gasteiger partial charge is 0.370 e. The van der Waals surface area contributed by atoms with Crippen molar-refractivity contribution >= 4 is 29.3 Å². The summed E-state index contributed by atoms with van der Waals surface area (Å²) in [6.07, 6.45) is 3.42. The van der Waals surface area contributed by atoms with E-state index in [1.807, 2.05) is 0 Å². The Morgan fingerprint density at radius 1 is 1.11 bits per heavy atom. The number of carbonyl (C=O) groups excluding carboxylic acids is 4. The van der Waals surface area contributed by atoms with Gasteiger partial charge in [-0.25, -0.2) is 0 Å². The van der Waals surface area contributed by atoms with E-state index in [4.69, 9.17) is 17.2 Å². The van der Waals surface area contributed by atoms with Gasteiger partial charge in [-0.1, -0.05) is 0 Å². The molecule has 2 rings (SSSR count). The Kier molecular flexibility index (Phi) is 6.92. The molecule has 0 bridgehead atoms. The van der Waals surface area contributed by atoms with E-state index in [1.165, 1.54) is 0 Å². The van der Waals surface area contributed by atoms with Crippen molar-refractivity contribution in [2.45, 2.75) is 63.8 Å². The van der Waals surface area contributed by atoms with Crippen molar-refractivity contribution in [2.75, 3.05) is 6.54 Å². The van der Waals surface area contributed by atoms with E-state index in [0.717, 1.165) is 0 Å². The summed E-state index contributed by atoms with van der Waals surface area (Å²) in [5.74, 6) is -1.32. The molecule has 2 unspecified atom stereocenters. The zero-order valence-corrected chi connectivity index (χ0v) is 15.5. The first-order valence-electron chi connectivity index (χ1n) is 9.42. The van der Waals surface area contributed by atoms with Gasteiger partial charge in [0.15, 0.2) is 5.96 Å². The third kappa shape index (κ3) is 5.51. The van der Waals surface area contributed by atoms with Gasteiger partial charge in [0.25, 0.3) is 0 Å². The van der Waals surface area contributed by atoms with E-state index in [-0.39, 0.29) is 36.3 Å². The maximum absolute atomic E-state index is 12.8. The van der Waals surface area contributed by atoms with E-state index in [2.05, 4.69) is 10.3 Å². The predicted octanol–water partition coefficient (Wildman–Crippen LogP) is -0.491.